The van der Waals surface area contributed by atoms with Gasteiger partial charge in [0, 0.05) is 16.7 Å². The number of halogens is 2. The van der Waals surface area contributed by atoms with Crippen molar-refractivity contribution in [1.82, 2.24) is 0 Å². The summed E-state index contributed by atoms with van der Waals surface area (Å²) in [6.45, 7) is 1.49. The average Bonchev–Trinajstić information content (AvgIpc) is 2.70. The first kappa shape index (κ1) is 19.8. The SMILES string of the molecule is COc1ccc(CN(Cc2ccc(OC)cc2)c2cc(I)ccc2Cl)cc1. The molecular formula is C22H21ClINO2. The fourth-order valence-corrected chi connectivity index (χ4v) is 3.57. The molecule has 0 N–H and O–H groups in total. The summed E-state index contributed by atoms with van der Waals surface area (Å²) in [5.41, 5.74) is 3.41. The van der Waals surface area contributed by atoms with E-state index in [1.807, 2.05) is 36.4 Å². The summed E-state index contributed by atoms with van der Waals surface area (Å²) in [4.78, 5) is 2.29. The molecule has 5 heteroatoms. The molecule has 140 valence electrons. The summed E-state index contributed by atoms with van der Waals surface area (Å²) < 4.78 is 11.7. The first-order valence-corrected chi connectivity index (χ1v) is 10.0. The molecule has 0 amide bonds. The monoisotopic (exact) mass is 493 g/mol. The average molecular weight is 494 g/mol. The second-order valence-corrected chi connectivity index (χ2v) is 7.80. The summed E-state index contributed by atoms with van der Waals surface area (Å²) in [7, 11) is 3.35. The van der Waals surface area contributed by atoms with Crippen LogP contribution in [0.1, 0.15) is 11.1 Å². The molecule has 0 saturated heterocycles. The summed E-state index contributed by atoms with van der Waals surface area (Å²) in [5, 5.41) is 0.748. The quantitative estimate of drug-likeness (QED) is 0.368. The third-order valence-electron chi connectivity index (χ3n) is 4.31. The second-order valence-electron chi connectivity index (χ2n) is 6.15. The fourth-order valence-electron chi connectivity index (χ4n) is 2.86. The first-order valence-electron chi connectivity index (χ1n) is 8.55. The van der Waals surface area contributed by atoms with E-state index < -0.39 is 0 Å². The van der Waals surface area contributed by atoms with Gasteiger partial charge in [-0.2, -0.15) is 0 Å². The predicted octanol–water partition coefficient (Wildman–Crippen LogP) is 6.17. The minimum absolute atomic E-state index is 0.746. The van der Waals surface area contributed by atoms with Crippen LogP contribution in [0.15, 0.2) is 66.7 Å². The fraction of sp³-hybridized carbons (Fsp3) is 0.182. The molecule has 0 aliphatic heterocycles. The number of nitrogens with zero attached hydrogens (tertiary/aromatic N) is 1. The zero-order chi connectivity index (χ0) is 19.2. The normalized spacial score (nSPS) is 10.5. The van der Waals surface area contributed by atoms with E-state index in [2.05, 4.69) is 57.8 Å². The van der Waals surface area contributed by atoms with Gasteiger partial charge in [-0.1, -0.05) is 35.9 Å². The van der Waals surface area contributed by atoms with Crippen LogP contribution in [0.3, 0.4) is 0 Å². The minimum Gasteiger partial charge on any atom is -0.497 e. The highest BCUT2D eigenvalue weighted by Crippen LogP contribution is 2.31. The highest BCUT2D eigenvalue weighted by molar-refractivity contribution is 14.1. The molecule has 3 nitrogen and oxygen atoms in total. The van der Waals surface area contributed by atoms with Crippen LogP contribution in [0.5, 0.6) is 11.5 Å². The van der Waals surface area contributed by atoms with Crippen molar-refractivity contribution in [2.24, 2.45) is 0 Å². The Hall–Kier alpha value is -1.92. The van der Waals surface area contributed by atoms with Crippen molar-refractivity contribution < 1.29 is 9.47 Å². The first-order chi connectivity index (χ1) is 13.1. The van der Waals surface area contributed by atoms with E-state index in [1.165, 1.54) is 11.1 Å². The lowest BCUT2D eigenvalue weighted by Gasteiger charge is -2.26. The Labute approximate surface area is 179 Å². The van der Waals surface area contributed by atoms with Crippen LogP contribution in [0.2, 0.25) is 5.02 Å². The molecule has 0 bridgehead atoms. The Morgan fingerprint density at radius 3 is 1.70 bits per heavy atom. The molecule has 0 fully saturated rings. The molecule has 3 aromatic carbocycles. The molecule has 0 heterocycles. The van der Waals surface area contributed by atoms with Crippen LogP contribution < -0.4 is 14.4 Å². The van der Waals surface area contributed by atoms with Gasteiger partial charge >= 0.3 is 0 Å². The van der Waals surface area contributed by atoms with Crippen LogP contribution in [0.4, 0.5) is 5.69 Å². The van der Waals surface area contributed by atoms with Crippen LogP contribution in [-0.4, -0.2) is 14.2 Å². The van der Waals surface area contributed by atoms with Gasteiger partial charge in [0.1, 0.15) is 11.5 Å². The Kier molecular flexibility index (Phi) is 6.85. The topological polar surface area (TPSA) is 21.7 Å². The Balaban J connectivity index is 1.90. The third kappa shape index (κ3) is 5.30. The van der Waals surface area contributed by atoms with E-state index in [1.54, 1.807) is 14.2 Å². The van der Waals surface area contributed by atoms with Gasteiger partial charge in [0.15, 0.2) is 0 Å². The van der Waals surface area contributed by atoms with E-state index in [0.717, 1.165) is 38.9 Å². The van der Waals surface area contributed by atoms with Crippen molar-refractivity contribution in [2.75, 3.05) is 19.1 Å². The molecule has 0 aliphatic rings. The molecule has 27 heavy (non-hydrogen) atoms. The molecule has 3 rings (SSSR count). The van der Waals surface area contributed by atoms with Gasteiger partial charge in [0.25, 0.3) is 0 Å². The van der Waals surface area contributed by atoms with Crippen LogP contribution >= 0.6 is 34.2 Å². The molecule has 0 aliphatic carbocycles. The van der Waals surface area contributed by atoms with Gasteiger partial charge in [-0.15, -0.1) is 0 Å². The van der Waals surface area contributed by atoms with Crippen molar-refractivity contribution in [3.05, 3.63) is 86.4 Å². The van der Waals surface area contributed by atoms with E-state index >= 15 is 0 Å². The number of rotatable bonds is 7. The van der Waals surface area contributed by atoms with Crippen molar-refractivity contribution in [1.29, 1.82) is 0 Å². The van der Waals surface area contributed by atoms with Gasteiger partial charge < -0.3 is 14.4 Å². The molecular weight excluding hydrogens is 473 g/mol. The minimum atomic E-state index is 0.746. The maximum Gasteiger partial charge on any atom is 0.118 e. The number of benzene rings is 3. The number of methoxy groups -OCH3 is 2. The van der Waals surface area contributed by atoms with Crippen molar-refractivity contribution in [3.8, 4) is 11.5 Å². The summed E-state index contributed by atoms with van der Waals surface area (Å²) in [5.74, 6) is 1.71. The number of hydrogen-bond acceptors (Lipinski definition) is 3. The van der Waals surface area contributed by atoms with E-state index in [9.17, 15) is 0 Å². The smallest absolute Gasteiger partial charge is 0.118 e. The maximum absolute atomic E-state index is 6.53. The van der Waals surface area contributed by atoms with Crippen molar-refractivity contribution in [3.63, 3.8) is 0 Å². The zero-order valence-electron chi connectivity index (χ0n) is 15.3. The maximum atomic E-state index is 6.53. The molecule has 0 atom stereocenters. The Bertz CT molecular complexity index is 832. The van der Waals surface area contributed by atoms with Crippen LogP contribution in [0, 0.1) is 3.57 Å². The highest BCUT2D eigenvalue weighted by Gasteiger charge is 2.13. The van der Waals surface area contributed by atoms with E-state index in [0.29, 0.717) is 0 Å². The highest BCUT2D eigenvalue weighted by atomic mass is 127. The van der Waals surface area contributed by atoms with E-state index in [-0.39, 0.29) is 0 Å². The summed E-state index contributed by atoms with van der Waals surface area (Å²) in [6, 6.07) is 22.4. The molecule has 0 radical (unpaired) electrons. The van der Waals surface area contributed by atoms with Gasteiger partial charge in [0.05, 0.1) is 24.9 Å². The molecule has 0 unspecified atom stereocenters. The Morgan fingerprint density at radius 2 is 1.26 bits per heavy atom. The second kappa shape index (κ2) is 9.33. The number of ether oxygens (including phenoxy) is 2. The number of anilines is 1. The van der Waals surface area contributed by atoms with Gasteiger partial charge in [-0.3, -0.25) is 0 Å². The van der Waals surface area contributed by atoms with E-state index in [4.69, 9.17) is 21.1 Å². The molecule has 0 saturated carbocycles. The summed E-state index contributed by atoms with van der Waals surface area (Å²) >= 11 is 8.85. The molecule has 0 spiro atoms. The molecule has 3 aromatic rings. The lowest BCUT2D eigenvalue weighted by atomic mass is 10.1. The van der Waals surface area contributed by atoms with Crippen molar-refractivity contribution in [2.45, 2.75) is 13.1 Å². The van der Waals surface area contributed by atoms with Crippen LogP contribution in [0.25, 0.3) is 0 Å². The van der Waals surface area contributed by atoms with Crippen LogP contribution in [-0.2, 0) is 13.1 Å². The molecule has 0 aromatic heterocycles. The standard InChI is InChI=1S/C22H21ClINO2/c1-26-19-8-3-16(4-9-19)14-25(22-13-18(24)7-12-21(22)23)15-17-5-10-20(27-2)11-6-17/h3-13H,14-15H2,1-2H3. The summed E-state index contributed by atoms with van der Waals surface area (Å²) in [6.07, 6.45) is 0. The van der Waals surface area contributed by atoms with Gasteiger partial charge in [-0.05, 0) is 76.2 Å². The largest absolute Gasteiger partial charge is 0.497 e. The lowest BCUT2D eigenvalue weighted by molar-refractivity contribution is 0.414. The lowest BCUT2D eigenvalue weighted by Crippen LogP contribution is -2.22. The Morgan fingerprint density at radius 1 is 0.778 bits per heavy atom. The number of hydrogen-bond donors (Lipinski definition) is 0. The van der Waals surface area contributed by atoms with Gasteiger partial charge in [0.2, 0.25) is 0 Å². The van der Waals surface area contributed by atoms with Crippen molar-refractivity contribution >= 4 is 39.9 Å². The third-order valence-corrected chi connectivity index (χ3v) is 5.30. The zero-order valence-corrected chi connectivity index (χ0v) is 18.2. The predicted molar refractivity (Wildman–Crippen MR) is 120 cm³/mol. The van der Waals surface area contributed by atoms with Gasteiger partial charge in [-0.25, -0.2) is 0 Å².